The normalized spacial score (nSPS) is 24.9. The van der Waals surface area contributed by atoms with E-state index in [0.29, 0.717) is 17.9 Å². The lowest BCUT2D eigenvalue weighted by Crippen LogP contribution is -2.26. The Morgan fingerprint density at radius 3 is 3.06 bits per heavy atom. The molecule has 0 amide bonds. The van der Waals surface area contributed by atoms with Crippen LogP contribution < -0.4 is 0 Å². The van der Waals surface area contributed by atoms with Crippen LogP contribution in [0.15, 0.2) is 5.38 Å². The predicted molar refractivity (Wildman–Crippen MR) is 72.6 cm³/mol. The van der Waals surface area contributed by atoms with E-state index in [0.717, 1.165) is 30.0 Å². The molecule has 102 valence electrons. The summed E-state index contributed by atoms with van der Waals surface area (Å²) in [7, 11) is -2.83. The first kappa shape index (κ1) is 14.0. The zero-order chi connectivity index (χ0) is 13.2. The Morgan fingerprint density at radius 2 is 2.39 bits per heavy atom. The molecule has 6 heteroatoms. The molecule has 1 fully saturated rings. The van der Waals surface area contributed by atoms with Crippen molar-refractivity contribution in [2.24, 2.45) is 5.92 Å². The van der Waals surface area contributed by atoms with Gasteiger partial charge in [0.1, 0.15) is 0 Å². The summed E-state index contributed by atoms with van der Waals surface area (Å²) in [4.78, 5) is 4.46. The van der Waals surface area contributed by atoms with Crippen LogP contribution in [0.3, 0.4) is 0 Å². The summed E-state index contributed by atoms with van der Waals surface area (Å²) < 4.78 is 23.1. The van der Waals surface area contributed by atoms with Crippen LogP contribution in [0, 0.1) is 5.92 Å². The maximum atomic E-state index is 11.6. The molecule has 1 aliphatic rings. The number of rotatable bonds is 4. The third-order valence-corrected chi connectivity index (χ3v) is 5.93. The summed E-state index contributed by atoms with van der Waals surface area (Å²) >= 11 is 1.57. The van der Waals surface area contributed by atoms with Gasteiger partial charge in [0.15, 0.2) is 9.84 Å². The fourth-order valence-electron chi connectivity index (χ4n) is 2.36. The molecule has 1 saturated heterocycles. The van der Waals surface area contributed by atoms with Gasteiger partial charge in [-0.05, 0) is 25.7 Å². The molecule has 0 radical (unpaired) electrons. The second-order valence-corrected chi connectivity index (χ2v) is 8.28. The Morgan fingerprint density at radius 1 is 1.61 bits per heavy atom. The van der Waals surface area contributed by atoms with Crippen LogP contribution in [-0.2, 0) is 22.7 Å². The number of thiazole rings is 1. The number of sulfone groups is 1. The Kier molecular flexibility index (Phi) is 4.40. The van der Waals surface area contributed by atoms with E-state index in [2.05, 4.69) is 4.98 Å². The molecule has 1 aromatic rings. The SMILES string of the molecule is CC(O)Cc1csc(CC2CCCS(=O)(=O)C2)n1. The Balaban J connectivity index is 1.95. The first-order chi connectivity index (χ1) is 8.44. The van der Waals surface area contributed by atoms with Crippen LogP contribution in [-0.4, -0.2) is 36.1 Å². The third kappa shape index (κ3) is 4.03. The van der Waals surface area contributed by atoms with Gasteiger partial charge in [0.05, 0.1) is 28.3 Å². The molecule has 1 aliphatic heterocycles. The first-order valence-corrected chi connectivity index (χ1v) is 8.96. The molecule has 2 rings (SSSR count). The molecule has 18 heavy (non-hydrogen) atoms. The minimum atomic E-state index is -2.83. The minimum Gasteiger partial charge on any atom is -0.393 e. The van der Waals surface area contributed by atoms with Gasteiger partial charge in [-0.2, -0.15) is 0 Å². The molecule has 2 unspecified atom stereocenters. The topological polar surface area (TPSA) is 67.3 Å². The molecule has 0 bridgehead atoms. The first-order valence-electron chi connectivity index (χ1n) is 6.26. The van der Waals surface area contributed by atoms with Crippen LogP contribution in [0.1, 0.15) is 30.5 Å². The Labute approximate surface area is 112 Å². The summed E-state index contributed by atoms with van der Waals surface area (Å²) in [6.07, 6.45) is 2.70. The third-order valence-electron chi connectivity index (χ3n) is 3.12. The van der Waals surface area contributed by atoms with Crippen LogP contribution in [0.2, 0.25) is 0 Å². The van der Waals surface area contributed by atoms with E-state index in [1.807, 2.05) is 5.38 Å². The molecule has 0 aliphatic carbocycles. The lowest BCUT2D eigenvalue weighted by molar-refractivity contribution is 0.194. The number of aliphatic hydroxyl groups is 1. The van der Waals surface area contributed by atoms with Crippen molar-refractivity contribution < 1.29 is 13.5 Å². The maximum absolute atomic E-state index is 11.6. The molecular formula is C12H19NO3S2. The highest BCUT2D eigenvalue weighted by molar-refractivity contribution is 7.91. The van der Waals surface area contributed by atoms with Crippen molar-refractivity contribution in [3.63, 3.8) is 0 Å². The largest absolute Gasteiger partial charge is 0.393 e. The summed E-state index contributed by atoms with van der Waals surface area (Å²) in [5, 5.41) is 12.2. The number of hydrogen-bond donors (Lipinski definition) is 1. The van der Waals surface area contributed by atoms with Crippen molar-refractivity contribution in [2.45, 2.75) is 38.7 Å². The van der Waals surface area contributed by atoms with E-state index in [9.17, 15) is 13.5 Å². The average Bonchev–Trinajstić information content (AvgIpc) is 2.62. The molecule has 2 heterocycles. The summed E-state index contributed by atoms with van der Waals surface area (Å²) in [5.74, 6) is 0.863. The average molecular weight is 289 g/mol. The lowest BCUT2D eigenvalue weighted by Gasteiger charge is -2.20. The van der Waals surface area contributed by atoms with Crippen molar-refractivity contribution in [2.75, 3.05) is 11.5 Å². The van der Waals surface area contributed by atoms with Gasteiger partial charge in [0, 0.05) is 18.2 Å². The maximum Gasteiger partial charge on any atom is 0.150 e. The van der Waals surface area contributed by atoms with Crippen LogP contribution in [0.5, 0.6) is 0 Å². The van der Waals surface area contributed by atoms with Gasteiger partial charge >= 0.3 is 0 Å². The van der Waals surface area contributed by atoms with Gasteiger partial charge in [-0.1, -0.05) is 0 Å². The van der Waals surface area contributed by atoms with E-state index in [1.165, 1.54) is 0 Å². The molecule has 2 atom stereocenters. The van der Waals surface area contributed by atoms with Gasteiger partial charge in [-0.25, -0.2) is 13.4 Å². The molecule has 4 nitrogen and oxygen atoms in total. The number of aromatic nitrogens is 1. The highest BCUT2D eigenvalue weighted by Crippen LogP contribution is 2.24. The summed E-state index contributed by atoms with van der Waals surface area (Å²) in [6, 6.07) is 0. The lowest BCUT2D eigenvalue weighted by atomic mass is 10.0. The van der Waals surface area contributed by atoms with Crippen LogP contribution in [0.25, 0.3) is 0 Å². The number of nitrogens with zero attached hydrogens (tertiary/aromatic N) is 1. The molecular weight excluding hydrogens is 270 g/mol. The van der Waals surface area contributed by atoms with Gasteiger partial charge < -0.3 is 5.11 Å². The fraction of sp³-hybridized carbons (Fsp3) is 0.750. The van der Waals surface area contributed by atoms with E-state index in [4.69, 9.17) is 0 Å². The zero-order valence-corrected chi connectivity index (χ0v) is 12.1. The molecule has 1 N–H and O–H groups in total. The summed E-state index contributed by atoms with van der Waals surface area (Å²) in [6.45, 7) is 1.74. The van der Waals surface area contributed by atoms with Crippen molar-refractivity contribution >= 4 is 21.2 Å². The second kappa shape index (κ2) is 5.67. The predicted octanol–water partition coefficient (Wildman–Crippen LogP) is 1.43. The highest BCUT2D eigenvalue weighted by atomic mass is 32.2. The van der Waals surface area contributed by atoms with E-state index in [-0.39, 0.29) is 12.0 Å². The second-order valence-electron chi connectivity index (χ2n) is 5.11. The van der Waals surface area contributed by atoms with Gasteiger partial charge in [-0.15, -0.1) is 11.3 Å². The zero-order valence-electron chi connectivity index (χ0n) is 10.5. The summed E-state index contributed by atoms with van der Waals surface area (Å²) in [5.41, 5.74) is 0.906. The van der Waals surface area contributed by atoms with E-state index in [1.54, 1.807) is 18.3 Å². The van der Waals surface area contributed by atoms with Crippen LogP contribution >= 0.6 is 11.3 Å². The number of aliphatic hydroxyl groups excluding tert-OH is 1. The van der Waals surface area contributed by atoms with E-state index >= 15 is 0 Å². The molecule has 0 aromatic carbocycles. The van der Waals surface area contributed by atoms with Crippen molar-refractivity contribution in [3.8, 4) is 0 Å². The smallest absolute Gasteiger partial charge is 0.150 e. The highest BCUT2D eigenvalue weighted by Gasteiger charge is 2.25. The monoisotopic (exact) mass is 289 g/mol. The molecule has 1 aromatic heterocycles. The Bertz CT molecular complexity index is 493. The quantitative estimate of drug-likeness (QED) is 0.910. The van der Waals surface area contributed by atoms with E-state index < -0.39 is 9.84 Å². The number of hydrogen-bond acceptors (Lipinski definition) is 5. The van der Waals surface area contributed by atoms with Crippen molar-refractivity contribution in [1.82, 2.24) is 4.98 Å². The fourth-order valence-corrected chi connectivity index (χ4v) is 5.06. The molecule has 0 saturated carbocycles. The van der Waals surface area contributed by atoms with Gasteiger partial charge in [0.25, 0.3) is 0 Å². The van der Waals surface area contributed by atoms with Gasteiger partial charge in [0.2, 0.25) is 0 Å². The van der Waals surface area contributed by atoms with Gasteiger partial charge in [-0.3, -0.25) is 0 Å². The van der Waals surface area contributed by atoms with Crippen LogP contribution in [0.4, 0.5) is 0 Å². The van der Waals surface area contributed by atoms with Crippen molar-refractivity contribution in [3.05, 3.63) is 16.1 Å². The van der Waals surface area contributed by atoms with Crippen molar-refractivity contribution in [1.29, 1.82) is 0 Å². The Hall–Kier alpha value is -0.460. The molecule has 0 spiro atoms. The standard InChI is InChI=1S/C12H19NO3S2/c1-9(14)5-11-7-17-12(13-11)6-10-3-2-4-18(15,16)8-10/h7,9-10,14H,2-6,8H2,1H3. The minimum absolute atomic E-state index is 0.217.